The van der Waals surface area contributed by atoms with E-state index in [1.165, 1.54) is 6.92 Å². The minimum absolute atomic E-state index is 0.108. The molecule has 4 rings (SSSR count). The van der Waals surface area contributed by atoms with E-state index in [1.54, 1.807) is 6.20 Å². The van der Waals surface area contributed by atoms with Crippen LogP contribution in [0.25, 0.3) is 22.4 Å². The Labute approximate surface area is 186 Å². The molecular weight excluding hydrogens is 408 g/mol. The zero-order chi connectivity index (χ0) is 21.8. The van der Waals surface area contributed by atoms with Crippen LogP contribution in [0.2, 0.25) is 5.02 Å². The number of nitrogens with one attached hydrogen (secondary N) is 2. The van der Waals surface area contributed by atoms with Crippen LogP contribution in [-0.2, 0) is 4.79 Å². The Morgan fingerprint density at radius 2 is 1.65 bits per heavy atom. The first-order chi connectivity index (χ1) is 15.0. The van der Waals surface area contributed by atoms with Gasteiger partial charge < -0.3 is 10.6 Å². The zero-order valence-corrected chi connectivity index (χ0v) is 17.9. The smallest absolute Gasteiger partial charge is 0.227 e. The number of hydrogen-bond donors (Lipinski definition) is 2. The van der Waals surface area contributed by atoms with E-state index in [4.69, 9.17) is 11.6 Å². The van der Waals surface area contributed by atoms with Crippen LogP contribution in [-0.4, -0.2) is 15.9 Å². The molecule has 2 N–H and O–H groups in total. The van der Waals surface area contributed by atoms with Crippen molar-refractivity contribution in [2.45, 2.75) is 13.8 Å². The molecule has 0 radical (unpaired) electrons. The Morgan fingerprint density at radius 3 is 2.39 bits per heavy atom. The number of hydrogen-bond acceptors (Lipinski definition) is 4. The van der Waals surface area contributed by atoms with Crippen LogP contribution < -0.4 is 10.6 Å². The Hall–Kier alpha value is -3.70. The number of amides is 1. The molecule has 0 aliphatic carbocycles. The summed E-state index contributed by atoms with van der Waals surface area (Å²) in [5.41, 5.74) is 6.33. The first-order valence-electron chi connectivity index (χ1n) is 9.83. The summed E-state index contributed by atoms with van der Waals surface area (Å²) in [4.78, 5) is 20.2. The summed E-state index contributed by atoms with van der Waals surface area (Å²) in [6, 6.07) is 23.9. The highest BCUT2D eigenvalue weighted by atomic mass is 35.5. The maximum absolute atomic E-state index is 11.3. The fourth-order valence-electron chi connectivity index (χ4n) is 3.31. The molecule has 154 valence electrons. The average molecular weight is 429 g/mol. The molecule has 0 bridgehead atoms. The molecule has 1 aromatic heterocycles. The third-order valence-corrected chi connectivity index (χ3v) is 5.06. The van der Waals surface area contributed by atoms with Crippen LogP contribution in [0.4, 0.5) is 17.3 Å². The van der Waals surface area contributed by atoms with Gasteiger partial charge in [0.15, 0.2) is 0 Å². The second-order valence-corrected chi connectivity index (χ2v) is 7.58. The zero-order valence-electron chi connectivity index (χ0n) is 17.2. The van der Waals surface area contributed by atoms with Gasteiger partial charge in [0, 0.05) is 23.9 Å². The summed E-state index contributed by atoms with van der Waals surface area (Å²) >= 11 is 6.44. The van der Waals surface area contributed by atoms with E-state index in [0.717, 1.165) is 33.6 Å². The molecule has 0 aliphatic rings. The molecule has 0 aliphatic heterocycles. The van der Waals surface area contributed by atoms with Crippen molar-refractivity contribution in [1.29, 1.82) is 0 Å². The van der Waals surface area contributed by atoms with E-state index in [9.17, 15) is 4.79 Å². The number of nitrogens with zero attached hydrogens (tertiary/aromatic N) is 2. The lowest BCUT2D eigenvalue weighted by molar-refractivity contribution is -0.114. The Bertz CT molecular complexity index is 1240. The maximum atomic E-state index is 11.3. The Kier molecular flexibility index (Phi) is 5.96. The molecule has 31 heavy (non-hydrogen) atoms. The van der Waals surface area contributed by atoms with Crippen molar-refractivity contribution in [3.05, 3.63) is 89.6 Å². The highest BCUT2D eigenvalue weighted by molar-refractivity contribution is 6.32. The van der Waals surface area contributed by atoms with Gasteiger partial charge in [-0.15, -0.1) is 0 Å². The van der Waals surface area contributed by atoms with Crippen molar-refractivity contribution >= 4 is 34.8 Å². The molecule has 0 atom stereocenters. The number of anilines is 3. The van der Waals surface area contributed by atoms with E-state index in [2.05, 4.69) is 44.9 Å². The summed E-state index contributed by atoms with van der Waals surface area (Å²) in [6.07, 6.45) is 1.60. The van der Waals surface area contributed by atoms with Crippen LogP contribution in [0.5, 0.6) is 0 Å². The standard InChI is InChI=1S/C25H21ClN4O/c1-16-13-21(28-17(2)31)11-12-23(16)29-25-27-15-22(26)24(30-25)20-10-6-9-19(14-20)18-7-4-3-5-8-18/h3-15H,1-2H3,(H,28,31)(H,27,29,30). The fraction of sp³-hybridized carbons (Fsp3) is 0.0800. The third-order valence-electron chi connectivity index (χ3n) is 4.78. The summed E-state index contributed by atoms with van der Waals surface area (Å²) in [7, 11) is 0. The lowest BCUT2D eigenvalue weighted by Crippen LogP contribution is -2.06. The number of carbonyl (C=O) groups excluding carboxylic acids is 1. The second kappa shape index (κ2) is 8.98. The van der Waals surface area contributed by atoms with Gasteiger partial charge in [-0.1, -0.05) is 60.1 Å². The average Bonchev–Trinajstić information content (AvgIpc) is 2.77. The van der Waals surface area contributed by atoms with Crippen molar-refractivity contribution in [2.24, 2.45) is 0 Å². The third kappa shape index (κ3) is 4.90. The predicted octanol–water partition coefficient (Wildman–Crippen LogP) is 6.47. The molecule has 5 nitrogen and oxygen atoms in total. The van der Waals surface area contributed by atoms with Crippen molar-refractivity contribution in [3.63, 3.8) is 0 Å². The predicted molar refractivity (Wildman–Crippen MR) is 127 cm³/mol. The van der Waals surface area contributed by atoms with Gasteiger partial charge in [0.25, 0.3) is 0 Å². The van der Waals surface area contributed by atoms with Gasteiger partial charge in [-0.2, -0.15) is 0 Å². The molecule has 0 unspecified atom stereocenters. The minimum Gasteiger partial charge on any atom is -0.326 e. The fourth-order valence-corrected chi connectivity index (χ4v) is 3.51. The molecule has 3 aromatic carbocycles. The monoisotopic (exact) mass is 428 g/mol. The van der Waals surface area contributed by atoms with Crippen LogP contribution >= 0.6 is 11.6 Å². The molecule has 4 aromatic rings. The Morgan fingerprint density at radius 1 is 0.903 bits per heavy atom. The number of rotatable bonds is 5. The quantitative estimate of drug-likeness (QED) is 0.382. The summed E-state index contributed by atoms with van der Waals surface area (Å²) in [5, 5.41) is 6.50. The van der Waals surface area contributed by atoms with E-state index >= 15 is 0 Å². The second-order valence-electron chi connectivity index (χ2n) is 7.17. The molecular formula is C25H21ClN4O. The Balaban J connectivity index is 1.63. The van der Waals surface area contributed by atoms with Gasteiger partial charge in [0.2, 0.25) is 11.9 Å². The van der Waals surface area contributed by atoms with E-state index in [-0.39, 0.29) is 5.91 Å². The number of aromatic nitrogens is 2. The summed E-state index contributed by atoms with van der Waals surface area (Å²) < 4.78 is 0. The number of carbonyl (C=O) groups is 1. The van der Waals surface area contributed by atoms with Crippen molar-refractivity contribution in [2.75, 3.05) is 10.6 Å². The van der Waals surface area contributed by atoms with E-state index in [0.29, 0.717) is 16.7 Å². The first kappa shape index (κ1) is 20.6. The van der Waals surface area contributed by atoms with Gasteiger partial charge in [0.05, 0.1) is 16.9 Å². The largest absolute Gasteiger partial charge is 0.326 e. The molecule has 1 heterocycles. The van der Waals surface area contributed by atoms with E-state index in [1.807, 2.05) is 55.5 Å². The van der Waals surface area contributed by atoms with Gasteiger partial charge in [0.1, 0.15) is 0 Å². The minimum atomic E-state index is -0.108. The van der Waals surface area contributed by atoms with Crippen molar-refractivity contribution in [3.8, 4) is 22.4 Å². The normalized spacial score (nSPS) is 10.5. The topological polar surface area (TPSA) is 66.9 Å². The lowest BCUT2D eigenvalue weighted by Gasteiger charge is -2.12. The van der Waals surface area contributed by atoms with Crippen LogP contribution in [0, 0.1) is 6.92 Å². The molecule has 0 fully saturated rings. The van der Waals surface area contributed by atoms with Gasteiger partial charge in [-0.05, 0) is 47.9 Å². The first-order valence-corrected chi connectivity index (χ1v) is 10.2. The molecule has 0 saturated carbocycles. The summed E-state index contributed by atoms with van der Waals surface area (Å²) in [5.74, 6) is 0.336. The highest BCUT2D eigenvalue weighted by Gasteiger charge is 2.11. The molecule has 1 amide bonds. The maximum Gasteiger partial charge on any atom is 0.227 e. The van der Waals surface area contributed by atoms with Crippen LogP contribution in [0.3, 0.4) is 0 Å². The van der Waals surface area contributed by atoms with E-state index < -0.39 is 0 Å². The highest BCUT2D eigenvalue weighted by Crippen LogP contribution is 2.31. The van der Waals surface area contributed by atoms with Gasteiger partial charge in [-0.25, -0.2) is 9.97 Å². The van der Waals surface area contributed by atoms with Crippen molar-refractivity contribution < 1.29 is 4.79 Å². The molecule has 0 spiro atoms. The van der Waals surface area contributed by atoms with Crippen molar-refractivity contribution in [1.82, 2.24) is 9.97 Å². The van der Waals surface area contributed by atoms with Gasteiger partial charge in [-0.3, -0.25) is 4.79 Å². The number of benzene rings is 3. The number of halogens is 1. The lowest BCUT2D eigenvalue weighted by atomic mass is 10.0. The molecule has 0 saturated heterocycles. The SMILES string of the molecule is CC(=O)Nc1ccc(Nc2ncc(Cl)c(-c3cccc(-c4ccccc4)c3)n2)c(C)c1. The summed E-state index contributed by atoms with van der Waals surface area (Å²) in [6.45, 7) is 3.44. The van der Waals surface area contributed by atoms with Crippen LogP contribution in [0.1, 0.15) is 12.5 Å². The molecule has 6 heteroatoms. The number of aryl methyl sites for hydroxylation is 1. The van der Waals surface area contributed by atoms with Gasteiger partial charge >= 0.3 is 0 Å². The van der Waals surface area contributed by atoms with Crippen LogP contribution in [0.15, 0.2) is 79.0 Å².